The number of urea groups is 1. The van der Waals surface area contributed by atoms with Crippen LogP contribution < -0.4 is 10.7 Å². The van der Waals surface area contributed by atoms with E-state index in [0.717, 1.165) is 46.2 Å². The lowest BCUT2D eigenvalue weighted by Gasteiger charge is -2.24. The third-order valence-electron chi connectivity index (χ3n) is 3.81. The van der Waals surface area contributed by atoms with Crippen molar-refractivity contribution in [3.8, 4) is 0 Å². The monoisotopic (exact) mass is 477 g/mol. The van der Waals surface area contributed by atoms with Crippen molar-refractivity contribution in [1.29, 1.82) is 0 Å². The highest BCUT2D eigenvalue weighted by atomic mass is 127. The molecule has 6 nitrogen and oxygen atoms in total. The van der Waals surface area contributed by atoms with Crippen LogP contribution in [0, 0.1) is 3.77 Å². The van der Waals surface area contributed by atoms with E-state index in [1.807, 2.05) is 6.07 Å². The molecule has 1 saturated heterocycles. The van der Waals surface area contributed by atoms with Crippen LogP contribution in [0.25, 0.3) is 6.08 Å². The molecule has 2 heterocycles. The maximum absolute atomic E-state index is 12.4. The molecule has 2 N–H and O–H groups in total. The van der Waals surface area contributed by atoms with Gasteiger partial charge < -0.3 is 9.73 Å². The summed E-state index contributed by atoms with van der Waals surface area (Å²) >= 11 is 8.38. The number of thioether (sulfide) groups is 1. The van der Waals surface area contributed by atoms with Gasteiger partial charge in [-0.05, 0) is 59.8 Å². The molecule has 0 radical (unpaired) electrons. The molecule has 1 aromatic heterocycles. The summed E-state index contributed by atoms with van der Waals surface area (Å²) in [6.07, 6.45) is 7.03. The first-order valence-electron chi connectivity index (χ1n) is 7.63. The SMILES string of the molecule is O=C(NC1CCCCC1)NN1C(=O)/C(=C\c2ccc(I)o2)SC1=S. The van der Waals surface area contributed by atoms with Crippen LogP contribution in [-0.2, 0) is 4.79 Å². The summed E-state index contributed by atoms with van der Waals surface area (Å²) in [7, 11) is 0. The van der Waals surface area contributed by atoms with Crippen molar-refractivity contribution < 1.29 is 14.0 Å². The lowest BCUT2D eigenvalue weighted by molar-refractivity contribution is -0.123. The van der Waals surface area contributed by atoms with Crippen molar-refractivity contribution in [2.24, 2.45) is 0 Å². The molecule has 0 bridgehead atoms. The molecule has 1 saturated carbocycles. The number of nitrogens with one attached hydrogen (secondary N) is 2. The Kier molecular flexibility index (Phi) is 5.82. The Labute approximate surface area is 162 Å². The molecule has 3 rings (SSSR count). The number of carbonyl (C=O) groups excluding carboxylic acids is 2. The predicted octanol–water partition coefficient (Wildman–Crippen LogP) is 3.63. The molecule has 2 aliphatic rings. The minimum absolute atomic E-state index is 0.165. The Morgan fingerprint density at radius 1 is 1.38 bits per heavy atom. The second-order valence-corrected chi connectivity index (χ2v) is 8.32. The number of furan rings is 1. The number of carbonyl (C=O) groups is 2. The Balaban J connectivity index is 1.61. The quantitative estimate of drug-likeness (QED) is 0.395. The van der Waals surface area contributed by atoms with E-state index >= 15 is 0 Å². The van der Waals surface area contributed by atoms with Crippen molar-refractivity contribution in [2.75, 3.05) is 0 Å². The highest BCUT2D eigenvalue weighted by Gasteiger charge is 2.34. The minimum Gasteiger partial charge on any atom is -0.451 e. The fourth-order valence-corrected chi connectivity index (χ4v) is 4.26. The van der Waals surface area contributed by atoms with Gasteiger partial charge >= 0.3 is 6.03 Å². The lowest BCUT2D eigenvalue weighted by atomic mass is 9.96. The molecule has 1 aliphatic carbocycles. The standard InChI is InChI=1S/C15H16IN3O3S2/c16-12-7-6-10(22-12)8-11-13(20)19(15(23)24-11)18-14(21)17-9-4-2-1-3-5-9/h6-9H,1-5H2,(H2,17,18,21)/b11-8+. The number of amides is 3. The van der Waals surface area contributed by atoms with Crippen molar-refractivity contribution in [3.63, 3.8) is 0 Å². The van der Waals surface area contributed by atoms with E-state index in [1.54, 1.807) is 12.1 Å². The third-order valence-corrected chi connectivity index (χ3v) is 5.70. The van der Waals surface area contributed by atoms with Gasteiger partial charge in [-0.15, -0.1) is 0 Å². The van der Waals surface area contributed by atoms with Crippen molar-refractivity contribution >= 4 is 68.9 Å². The average Bonchev–Trinajstić information content (AvgIpc) is 3.07. The van der Waals surface area contributed by atoms with Crippen LogP contribution in [0.5, 0.6) is 0 Å². The molecule has 0 atom stereocenters. The van der Waals surface area contributed by atoms with Gasteiger partial charge in [0.1, 0.15) is 5.76 Å². The van der Waals surface area contributed by atoms with Crippen molar-refractivity contribution in [3.05, 3.63) is 26.6 Å². The fourth-order valence-electron chi connectivity index (χ4n) is 2.67. The number of hydrogen-bond donors (Lipinski definition) is 2. The van der Waals surface area contributed by atoms with E-state index in [4.69, 9.17) is 16.6 Å². The highest BCUT2D eigenvalue weighted by molar-refractivity contribution is 14.1. The highest BCUT2D eigenvalue weighted by Crippen LogP contribution is 2.31. The molecule has 128 valence electrons. The molecular formula is C15H16IN3O3S2. The van der Waals surface area contributed by atoms with Crippen LogP contribution in [-0.4, -0.2) is 27.3 Å². The van der Waals surface area contributed by atoms with Crippen LogP contribution in [0.4, 0.5) is 4.79 Å². The minimum atomic E-state index is -0.396. The zero-order valence-electron chi connectivity index (χ0n) is 12.7. The molecule has 1 aliphatic heterocycles. The van der Waals surface area contributed by atoms with Gasteiger partial charge in [-0.3, -0.25) is 4.79 Å². The van der Waals surface area contributed by atoms with Gasteiger partial charge in [-0.2, -0.15) is 5.01 Å². The summed E-state index contributed by atoms with van der Waals surface area (Å²) in [5.74, 6) is 0.224. The van der Waals surface area contributed by atoms with E-state index in [-0.39, 0.29) is 11.9 Å². The number of thiocarbonyl (C=S) groups is 1. The van der Waals surface area contributed by atoms with Crippen LogP contribution in [0.1, 0.15) is 37.9 Å². The van der Waals surface area contributed by atoms with Gasteiger partial charge in [-0.1, -0.05) is 31.0 Å². The van der Waals surface area contributed by atoms with Crippen LogP contribution >= 0.6 is 46.6 Å². The summed E-state index contributed by atoms with van der Waals surface area (Å²) in [6.45, 7) is 0. The third kappa shape index (κ3) is 4.31. The smallest absolute Gasteiger partial charge is 0.334 e. The number of rotatable bonds is 3. The molecule has 0 spiro atoms. The van der Waals surface area contributed by atoms with Gasteiger partial charge in [0, 0.05) is 12.1 Å². The van der Waals surface area contributed by atoms with Gasteiger partial charge in [0.2, 0.25) is 0 Å². The molecule has 9 heteroatoms. The molecule has 3 amide bonds. The van der Waals surface area contributed by atoms with Gasteiger partial charge in [0.25, 0.3) is 5.91 Å². The Morgan fingerprint density at radius 2 is 2.12 bits per heavy atom. The fraction of sp³-hybridized carbons (Fsp3) is 0.400. The summed E-state index contributed by atoms with van der Waals surface area (Å²) in [6, 6.07) is 3.35. The van der Waals surface area contributed by atoms with E-state index in [1.165, 1.54) is 6.42 Å². The zero-order valence-corrected chi connectivity index (χ0v) is 16.5. The normalized spacial score (nSPS) is 20.7. The number of hydrazine groups is 1. The molecule has 24 heavy (non-hydrogen) atoms. The van der Waals surface area contributed by atoms with Crippen molar-refractivity contribution in [2.45, 2.75) is 38.1 Å². The number of hydrogen-bond acceptors (Lipinski definition) is 5. The summed E-state index contributed by atoms with van der Waals surface area (Å²) in [4.78, 5) is 24.9. The molecule has 0 aromatic carbocycles. The largest absolute Gasteiger partial charge is 0.451 e. The number of halogens is 1. The van der Waals surface area contributed by atoms with Gasteiger partial charge in [0.15, 0.2) is 8.09 Å². The lowest BCUT2D eigenvalue weighted by Crippen LogP contribution is -2.51. The van der Waals surface area contributed by atoms with E-state index < -0.39 is 6.03 Å². The van der Waals surface area contributed by atoms with Crippen LogP contribution in [0.3, 0.4) is 0 Å². The predicted molar refractivity (Wildman–Crippen MR) is 105 cm³/mol. The van der Waals surface area contributed by atoms with Gasteiger partial charge in [-0.25, -0.2) is 10.2 Å². The van der Waals surface area contributed by atoms with Gasteiger partial charge in [0.05, 0.1) is 4.91 Å². The maximum atomic E-state index is 12.4. The van der Waals surface area contributed by atoms with Crippen molar-refractivity contribution in [1.82, 2.24) is 15.8 Å². The Hall–Kier alpha value is -1.07. The molecule has 1 aromatic rings. The maximum Gasteiger partial charge on any atom is 0.334 e. The topological polar surface area (TPSA) is 74.6 Å². The summed E-state index contributed by atoms with van der Waals surface area (Å²) < 4.78 is 6.46. The van der Waals surface area contributed by atoms with E-state index in [9.17, 15) is 9.59 Å². The Morgan fingerprint density at radius 3 is 2.79 bits per heavy atom. The number of nitrogens with zero attached hydrogens (tertiary/aromatic N) is 1. The summed E-state index contributed by atoms with van der Waals surface area (Å²) in [5.41, 5.74) is 2.55. The average molecular weight is 477 g/mol. The molecule has 0 unspecified atom stereocenters. The van der Waals surface area contributed by atoms with Crippen LogP contribution in [0.2, 0.25) is 0 Å². The van der Waals surface area contributed by atoms with Crippen LogP contribution in [0.15, 0.2) is 21.5 Å². The second kappa shape index (κ2) is 7.87. The van der Waals surface area contributed by atoms with E-state index in [0.29, 0.717) is 15.0 Å². The molecule has 2 fully saturated rings. The molecular weight excluding hydrogens is 461 g/mol. The first kappa shape index (κ1) is 17.7. The van der Waals surface area contributed by atoms with E-state index in [2.05, 4.69) is 33.3 Å². The zero-order chi connectivity index (χ0) is 17.1. The second-order valence-electron chi connectivity index (χ2n) is 5.58. The first-order valence-corrected chi connectivity index (χ1v) is 9.94. The first-order chi connectivity index (χ1) is 11.5. The summed E-state index contributed by atoms with van der Waals surface area (Å²) in [5, 5.41) is 4.01. The Bertz CT molecular complexity index is 698.